The lowest BCUT2D eigenvalue weighted by atomic mass is 10.0. The van der Waals surface area contributed by atoms with Crippen LogP contribution in [0.3, 0.4) is 0 Å². The van der Waals surface area contributed by atoms with Crippen LogP contribution in [-0.2, 0) is 17.6 Å². The third-order valence-corrected chi connectivity index (χ3v) is 3.72. The fraction of sp³-hybridized carbons (Fsp3) is 0.364. The van der Waals surface area contributed by atoms with E-state index in [1.165, 1.54) is 0 Å². The van der Waals surface area contributed by atoms with Gasteiger partial charge >= 0.3 is 5.97 Å². The van der Waals surface area contributed by atoms with Crippen LogP contribution in [0.15, 0.2) is 10.5 Å². The summed E-state index contributed by atoms with van der Waals surface area (Å²) in [6, 6.07) is 1.58. The van der Waals surface area contributed by atoms with Crippen LogP contribution in [0.4, 0.5) is 0 Å². The molecule has 16 heavy (non-hydrogen) atoms. The molecule has 0 fully saturated rings. The van der Waals surface area contributed by atoms with E-state index in [-0.39, 0.29) is 11.3 Å². The van der Waals surface area contributed by atoms with E-state index in [4.69, 9.17) is 5.11 Å². The fourth-order valence-electron chi connectivity index (χ4n) is 2.04. The predicted octanol–water partition coefficient (Wildman–Crippen LogP) is 1.76. The molecule has 1 aliphatic carbocycles. The molecule has 1 aromatic carbocycles. The van der Waals surface area contributed by atoms with Crippen LogP contribution in [0, 0.1) is 0 Å². The van der Waals surface area contributed by atoms with Crippen molar-refractivity contribution in [2.75, 3.05) is 0 Å². The molecule has 0 spiro atoms. The molecule has 1 atom stereocenters. The Morgan fingerprint density at radius 2 is 2.12 bits per heavy atom. The van der Waals surface area contributed by atoms with E-state index in [1.807, 2.05) is 0 Å². The normalized spacial score (nSPS) is 15.9. The molecule has 86 valence electrons. The zero-order valence-corrected chi connectivity index (χ0v) is 9.99. The minimum absolute atomic E-state index is 0.0556. The van der Waals surface area contributed by atoms with Crippen LogP contribution in [0.2, 0.25) is 0 Å². The third-order valence-electron chi connectivity index (χ3n) is 2.87. The second-order valence-electron chi connectivity index (χ2n) is 3.86. The van der Waals surface area contributed by atoms with Crippen LogP contribution >= 0.6 is 15.9 Å². The lowest BCUT2D eigenvalue weighted by Crippen LogP contribution is -2.11. The van der Waals surface area contributed by atoms with E-state index in [2.05, 4.69) is 15.9 Å². The van der Waals surface area contributed by atoms with E-state index in [0.29, 0.717) is 4.47 Å². The third kappa shape index (κ3) is 1.70. The molecule has 3 N–H and O–H groups in total. The van der Waals surface area contributed by atoms with Gasteiger partial charge in [0.2, 0.25) is 0 Å². The Morgan fingerprint density at radius 3 is 2.75 bits per heavy atom. The predicted molar refractivity (Wildman–Crippen MR) is 60.4 cm³/mol. The smallest absolute Gasteiger partial charge is 0.337 e. The number of hydrogen-bond acceptors (Lipinski definition) is 3. The van der Waals surface area contributed by atoms with Gasteiger partial charge in [0.1, 0.15) is 5.75 Å². The number of rotatable bonds is 2. The van der Waals surface area contributed by atoms with E-state index in [0.717, 1.165) is 30.4 Å². The number of phenolic OH excluding ortho intramolecular Hbond substituents is 1. The highest BCUT2D eigenvalue weighted by Gasteiger charge is 2.26. The van der Waals surface area contributed by atoms with Crippen molar-refractivity contribution in [1.82, 2.24) is 0 Å². The summed E-state index contributed by atoms with van der Waals surface area (Å²) in [5, 5.41) is 28.0. The first kappa shape index (κ1) is 11.4. The number of carboxylic acid groups (broad SMARTS) is 1. The maximum Gasteiger partial charge on any atom is 0.337 e. The maximum atomic E-state index is 10.7. The molecule has 1 unspecified atom stereocenters. The number of aryl methyl sites for hydroxylation is 1. The van der Waals surface area contributed by atoms with Crippen molar-refractivity contribution in [2.24, 2.45) is 0 Å². The average molecular weight is 287 g/mol. The van der Waals surface area contributed by atoms with Gasteiger partial charge in [-0.2, -0.15) is 0 Å². The second kappa shape index (κ2) is 4.07. The SMILES string of the molecule is O=C(O)C(O)c1cc2c(c(Br)c1O)CCC2. The largest absolute Gasteiger partial charge is 0.506 e. The van der Waals surface area contributed by atoms with Crippen LogP contribution in [0.1, 0.15) is 29.2 Å². The summed E-state index contributed by atoms with van der Waals surface area (Å²) in [6.07, 6.45) is 1.03. The van der Waals surface area contributed by atoms with Crippen molar-refractivity contribution in [1.29, 1.82) is 0 Å². The summed E-state index contributed by atoms with van der Waals surface area (Å²) >= 11 is 3.25. The number of aliphatic hydroxyl groups is 1. The molecular formula is C11H11BrO4. The van der Waals surface area contributed by atoms with Crippen molar-refractivity contribution < 1.29 is 20.1 Å². The molecule has 5 heteroatoms. The Balaban J connectivity index is 2.56. The summed E-state index contributed by atoms with van der Waals surface area (Å²) in [5.74, 6) is -1.53. The van der Waals surface area contributed by atoms with Gasteiger partial charge in [-0.15, -0.1) is 0 Å². The number of carboxylic acids is 1. The lowest BCUT2D eigenvalue weighted by molar-refractivity contribution is -0.147. The number of benzene rings is 1. The Hall–Kier alpha value is -1.07. The Kier molecular flexibility index (Phi) is 2.90. The van der Waals surface area contributed by atoms with Crippen LogP contribution in [0.5, 0.6) is 5.75 Å². The summed E-state index contributed by atoms with van der Waals surface area (Å²) < 4.78 is 0.512. The van der Waals surface area contributed by atoms with Gasteiger partial charge in [0.25, 0.3) is 0 Å². The van der Waals surface area contributed by atoms with Crippen LogP contribution < -0.4 is 0 Å². The molecular weight excluding hydrogens is 276 g/mol. The maximum absolute atomic E-state index is 10.7. The quantitative estimate of drug-likeness (QED) is 0.774. The monoisotopic (exact) mass is 286 g/mol. The zero-order chi connectivity index (χ0) is 11.9. The molecule has 2 rings (SSSR count). The van der Waals surface area contributed by atoms with Crippen molar-refractivity contribution in [3.8, 4) is 5.75 Å². The van der Waals surface area contributed by atoms with Gasteiger partial charge in [0, 0.05) is 5.56 Å². The van der Waals surface area contributed by atoms with Gasteiger partial charge in [-0.05, 0) is 52.4 Å². The van der Waals surface area contributed by atoms with Gasteiger partial charge in [-0.25, -0.2) is 4.79 Å². The lowest BCUT2D eigenvalue weighted by Gasteiger charge is -2.13. The standard InChI is InChI=1S/C11H11BrO4/c12-8-6-3-1-2-5(6)4-7(9(8)13)10(14)11(15)16/h4,10,13-14H,1-3H2,(H,15,16). The van der Waals surface area contributed by atoms with Crippen molar-refractivity contribution in [3.63, 3.8) is 0 Å². The minimum atomic E-state index is -1.68. The van der Waals surface area contributed by atoms with E-state index in [9.17, 15) is 15.0 Å². The molecule has 0 radical (unpaired) electrons. The first-order valence-electron chi connectivity index (χ1n) is 4.96. The number of aromatic hydroxyl groups is 1. The molecule has 0 amide bonds. The van der Waals surface area contributed by atoms with Crippen molar-refractivity contribution in [2.45, 2.75) is 25.4 Å². The Labute approximate surface area is 101 Å². The summed E-state index contributed by atoms with van der Waals surface area (Å²) in [4.78, 5) is 10.7. The van der Waals surface area contributed by atoms with Crippen LogP contribution in [-0.4, -0.2) is 21.3 Å². The number of aliphatic hydroxyl groups excluding tert-OH is 1. The molecule has 0 heterocycles. The fourth-order valence-corrected chi connectivity index (χ4v) is 2.73. The highest BCUT2D eigenvalue weighted by Crippen LogP contribution is 2.40. The molecule has 4 nitrogen and oxygen atoms in total. The van der Waals surface area contributed by atoms with Crippen molar-refractivity contribution >= 4 is 21.9 Å². The minimum Gasteiger partial charge on any atom is -0.506 e. The number of halogens is 1. The zero-order valence-electron chi connectivity index (χ0n) is 8.40. The Morgan fingerprint density at radius 1 is 1.44 bits per heavy atom. The molecule has 0 aromatic heterocycles. The highest BCUT2D eigenvalue weighted by atomic mass is 79.9. The van der Waals surface area contributed by atoms with Gasteiger partial charge in [-0.1, -0.05) is 0 Å². The molecule has 0 saturated heterocycles. The Bertz CT molecular complexity index is 456. The van der Waals surface area contributed by atoms with Gasteiger partial charge < -0.3 is 15.3 Å². The highest BCUT2D eigenvalue weighted by molar-refractivity contribution is 9.10. The summed E-state index contributed by atoms with van der Waals surface area (Å²) in [7, 11) is 0. The van der Waals surface area contributed by atoms with Gasteiger partial charge in [0.15, 0.2) is 6.10 Å². The summed E-state index contributed by atoms with van der Waals surface area (Å²) in [5.41, 5.74) is 2.07. The number of aliphatic carboxylic acids is 1. The average Bonchev–Trinajstić information content (AvgIpc) is 2.70. The van der Waals surface area contributed by atoms with E-state index >= 15 is 0 Å². The first-order chi connectivity index (χ1) is 7.52. The number of phenols is 1. The first-order valence-corrected chi connectivity index (χ1v) is 5.75. The molecule has 1 aromatic rings. The molecule has 0 saturated carbocycles. The number of hydrogen-bond donors (Lipinski definition) is 3. The molecule has 1 aliphatic rings. The van der Waals surface area contributed by atoms with Gasteiger partial charge in [0.05, 0.1) is 4.47 Å². The van der Waals surface area contributed by atoms with E-state index < -0.39 is 12.1 Å². The number of carbonyl (C=O) groups is 1. The molecule has 0 aliphatic heterocycles. The molecule has 0 bridgehead atoms. The van der Waals surface area contributed by atoms with E-state index in [1.54, 1.807) is 6.07 Å². The second-order valence-corrected chi connectivity index (χ2v) is 4.65. The van der Waals surface area contributed by atoms with Gasteiger partial charge in [-0.3, -0.25) is 0 Å². The number of fused-ring (bicyclic) bond motifs is 1. The summed E-state index contributed by atoms with van der Waals surface area (Å²) in [6.45, 7) is 0. The topological polar surface area (TPSA) is 77.8 Å². The van der Waals surface area contributed by atoms with Crippen molar-refractivity contribution in [3.05, 3.63) is 27.2 Å². The van der Waals surface area contributed by atoms with Crippen LogP contribution in [0.25, 0.3) is 0 Å².